The number of hydrogen-bond donors (Lipinski definition) is 1. The van der Waals surface area contributed by atoms with Crippen molar-refractivity contribution in [1.29, 1.82) is 0 Å². The molecule has 0 amide bonds. The molecule has 1 N–H and O–H groups in total. The van der Waals surface area contributed by atoms with E-state index in [1.54, 1.807) is 6.92 Å². The zero-order chi connectivity index (χ0) is 9.84. The van der Waals surface area contributed by atoms with Crippen molar-refractivity contribution in [2.24, 2.45) is 0 Å². The number of ketones is 1. The molecule has 1 unspecified atom stereocenters. The number of carbonyl (C=O) groups excluding carboxylic acids is 1. The third-order valence-electron chi connectivity index (χ3n) is 1.64. The minimum absolute atomic E-state index is 0.0771. The van der Waals surface area contributed by atoms with Crippen molar-refractivity contribution in [3.8, 4) is 0 Å². The summed E-state index contributed by atoms with van der Waals surface area (Å²) in [6.45, 7) is 1.59. The van der Waals surface area contributed by atoms with Gasteiger partial charge >= 0.3 is 0 Å². The van der Waals surface area contributed by atoms with Crippen molar-refractivity contribution < 1.29 is 14.6 Å². The number of carbonyl (C=O) groups is 1. The van der Waals surface area contributed by atoms with E-state index in [-0.39, 0.29) is 12.4 Å². The number of hydrogen-bond acceptors (Lipinski definition) is 5. The topological polar surface area (TPSA) is 59.4 Å². The molecule has 0 aliphatic carbocycles. The van der Waals surface area contributed by atoms with Crippen molar-refractivity contribution in [2.75, 3.05) is 7.11 Å². The van der Waals surface area contributed by atoms with Gasteiger partial charge in [-0.3, -0.25) is 4.79 Å². The van der Waals surface area contributed by atoms with E-state index in [1.807, 2.05) is 0 Å². The minimum Gasteiger partial charge on any atom is -0.391 e. The highest BCUT2D eigenvalue weighted by Gasteiger charge is 2.17. The van der Waals surface area contributed by atoms with Gasteiger partial charge in [-0.2, -0.15) is 0 Å². The fourth-order valence-electron chi connectivity index (χ4n) is 0.775. The summed E-state index contributed by atoms with van der Waals surface area (Å²) in [7, 11) is 1.48. The predicted octanol–water partition coefficient (Wildman–Crippen LogP) is 0.853. The van der Waals surface area contributed by atoms with Crippen LogP contribution in [0.5, 0.6) is 0 Å². The summed E-state index contributed by atoms with van der Waals surface area (Å²) in [5.41, 5.74) is 0. The molecule has 0 aromatic carbocycles. The Hall–Kier alpha value is -0.780. The van der Waals surface area contributed by atoms with Gasteiger partial charge in [0.15, 0.2) is 5.01 Å². The number of ether oxygens (including phenoxy) is 1. The molecule has 1 heterocycles. The molecule has 0 saturated heterocycles. The van der Waals surface area contributed by atoms with Crippen LogP contribution in [0, 0.1) is 0 Å². The first kappa shape index (κ1) is 10.3. The van der Waals surface area contributed by atoms with E-state index in [4.69, 9.17) is 9.84 Å². The molecule has 0 radical (unpaired) electrons. The monoisotopic (exact) mass is 201 g/mol. The molecule has 4 nitrogen and oxygen atoms in total. The van der Waals surface area contributed by atoms with Crippen LogP contribution in [0.3, 0.4) is 0 Å². The Bertz CT molecular complexity index is 297. The Morgan fingerprint density at radius 3 is 3.00 bits per heavy atom. The number of nitrogens with zero attached hydrogens (tertiary/aromatic N) is 1. The smallest absolute Gasteiger partial charge is 0.219 e. The molecule has 0 saturated carbocycles. The molecule has 1 rings (SSSR count). The molecule has 0 spiro atoms. The van der Waals surface area contributed by atoms with Crippen LogP contribution in [-0.2, 0) is 11.3 Å². The number of aromatic nitrogens is 1. The highest BCUT2D eigenvalue weighted by molar-refractivity contribution is 7.13. The van der Waals surface area contributed by atoms with Gasteiger partial charge in [0.25, 0.3) is 0 Å². The Labute approximate surface area is 80.2 Å². The molecule has 13 heavy (non-hydrogen) atoms. The zero-order valence-corrected chi connectivity index (χ0v) is 8.30. The summed E-state index contributed by atoms with van der Waals surface area (Å²) < 4.78 is 4.86. The lowest BCUT2D eigenvalue weighted by atomic mass is 10.3. The van der Waals surface area contributed by atoms with E-state index in [2.05, 4.69) is 4.98 Å². The van der Waals surface area contributed by atoms with Gasteiger partial charge in [-0.25, -0.2) is 4.98 Å². The second kappa shape index (κ2) is 4.45. The van der Waals surface area contributed by atoms with E-state index in [9.17, 15) is 4.79 Å². The average molecular weight is 201 g/mol. The van der Waals surface area contributed by atoms with Gasteiger partial charge in [-0.15, -0.1) is 11.3 Å². The maximum Gasteiger partial charge on any atom is 0.219 e. The number of thiazole rings is 1. The third-order valence-corrected chi connectivity index (χ3v) is 2.64. The molecular weight excluding hydrogens is 190 g/mol. The van der Waals surface area contributed by atoms with Crippen LogP contribution < -0.4 is 0 Å². The number of aliphatic hydroxyl groups excluding tert-OH is 1. The fourth-order valence-corrected chi connectivity index (χ4v) is 1.57. The Morgan fingerprint density at radius 2 is 2.54 bits per heavy atom. The quantitative estimate of drug-likeness (QED) is 0.734. The molecule has 72 valence electrons. The maximum atomic E-state index is 11.4. The minimum atomic E-state index is -0.474. The molecule has 0 fully saturated rings. The normalized spacial score (nSPS) is 12.8. The highest BCUT2D eigenvalue weighted by Crippen LogP contribution is 2.15. The maximum absolute atomic E-state index is 11.4. The number of Topliss-reactive ketones (excluding diaryl/α,β-unsaturated/α-hetero) is 1. The standard InChI is InChI=1S/C8H11NO3S/c1-5(12-2)7(11)8-9-3-6(4-10)13-8/h3,5,10H,4H2,1-2H3. The lowest BCUT2D eigenvalue weighted by molar-refractivity contribution is 0.0655. The first-order valence-electron chi connectivity index (χ1n) is 3.81. The van der Waals surface area contributed by atoms with E-state index >= 15 is 0 Å². The summed E-state index contributed by atoms with van der Waals surface area (Å²) in [5.74, 6) is -0.146. The molecule has 5 heteroatoms. The largest absolute Gasteiger partial charge is 0.391 e. The first-order valence-corrected chi connectivity index (χ1v) is 4.63. The molecule has 1 aromatic heterocycles. The average Bonchev–Trinajstić information content (AvgIpc) is 2.63. The van der Waals surface area contributed by atoms with Crippen LogP contribution in [0.25, 0.3) is 0 Å². The van der Waals surface area contributed by atoms with Gasteiger partial charge in [0.2, 0.25) is 5.78 Å². The van der Waals surface area contributed by atoms with E-state index in [0.29, 0.717) is 9.88 Å². The van der Waals surface area contributed by atoms with Crippen LogP contribution >= 0.6 is 11.3 Å². The zero-order valence-electron chi connectivity index (χ0n) is 7.48. The Morgan fingerprint density at radius 1 is 1.85 bits per heavy atom. The number of rotatable bonds is 4. The second-order valence-corrected chi connectivity index (χ2v) is 3.65. The molecule has 1 aromatic rings. The van der Waals surface area contributed by atoms with Crippen molar-refractivity contribution in [2.45, 2.75) is 19.6 Å². The third kappa shape index (κ3) is 2.33. The number of methoxy groups -OCH3 is 1. The molecule has 1 atom stereocenters. The van der Waals surface area contributed by atoms with Gasteiger partial charge in [0, 0.05) is 13.3 Å². The summed E-state index contributed by atoms with van der Waals surface area (Å²) in [6, 6.07) is 0. The van der Waals surface area contributed by atoms with Crippen LogP contribution in [0.1, 0.15) is 21.6 Å². The van der Waals surface area contributed by atoms with E-state index < -0.39 is 6.10 Å². The second-order valence-electron chi connectivity index (χ2n) is 2.53. The summed E-state index contributed by atoms with van der Waals surface area (Å²) in [6.07, 6.45) is 1.03. The predicted molar refractivity (Wildman–Crippen MR) is 48.8 cm³/mol. The molecule has 0 aliphatic heterocycles. The van der Waals surface area contributed by atoms with Crippen LogP contribution in [0.2, 0.25) is 0 Å². The van der Waals surface area contributed by atoms with Gasteiger partial charge in [-0.05, 0) is 6.92 Å². The lowest BCUT2D eigenvalue weighted by Crippen LogP contribution is -2.18. The van der Waals surface area contributed by atoms with Gasteiger partial charge in [0.1, 0.15) is 6.10 Å². The summed E-state index contributed by atoms with van der Waals surface area (Å²) in [5, 5.41) is 9.14. The van der Waals surface area contributed by atoms with Crippen LogP contribution in [-0.4, -0.2) is 29.1 Å². The van der Waals surface area contributed by atoms with Crippen molar-refractivity contribution in [3.63, 3.8) is 0 Å². The van der Waals surface area contributed by atoms with Crippen LogP contribution in [0.15, 0.2) is 6.20 Å². The van der Waals surface area contributed by atoms with Gasteiger partial charge < -0.3 is 9.84 Å². The Balaban J connectivity index is 2.77. The van der Waals surface area contributed by atoms with Gasteiger partial charge in [-0.1, -0.05) is 0 Å². The highest BCUT2D eigenvalue weighted by atomic mass is 32.1. The van der Waals surface area contributed by atoms with E-state index in [1.165, 1.54) is 24.6 Å². The molecule has 0 aliphatic rings. The van der Waals surface area contributed by atoms with Crippen molar-refractivity contribution in [3.05, 3.63) is 16.1 Å². The summed E-state index contributed by atoms with van der Waals surface area (Å²) >= 11 is 1.19. The lowest BCUT2D eigenvalue weighted by Gasteiger charge is -2.04. The fraction of sp³-hybridized carbons (Fsp3) is 0.500. The molecule has 0 bridgehead atoms. The van der Waals surface area contributed by atoms with Crippen molar-refractivity contribution >= 4 is 17.1 Å². The van der Waals surface area contributed by atoms with Crippen LogP contribution in [0.4, 0.5) is 0 Å². The SMILES string of the molecule is COC(C)C(=O)c1ncc(CO)s1. The molecular formula is C8H11NO3S. The van der Waals surface area contributed by atoms with Gasteiger partial charge in [0.05, 0.1) is 11.5 Å². The summed E-state index contributed by atoms with van der Waals surface area (Å²) in [4.78, 5) is 16.0. The Kier molecular flexibility index (Phi) is 3.53. The van der Waals surface area contributed by atoms with Crippen molar-refractivity contribution in [1.82, 2.24) is 4.98 Å². The first-order chi connectivity index (χ1) is 6.19. The number of aliphatic hydroxyl groups is 1. The van der Waals surface area contributed by atoms with E-state index in [0.717, 1.165) is 0 Å².